The summed E-state index contributed by atoms with van der Waals surface area (Å²) >= 11 is 1.50. The Hall–Kier alpha value is -3.51. The second kappa shape index (κ2) is 9.33. The van der Waals surface area contributed by atoms with Crippen LogP contribution < -0.4 is 5.32 Å². The van der Waals surface area contributed by atoms with Crippen molar-refractivity contribution in [3.8, 4) is 10.6 Å². The molecule has 0 saturated heterocycles. The third kappa shape index (κ3) is 4.90. The van der Waals surface area contributed by atoms with Crippen LogP contribution in [0.2, 0.25) is 0 Å². The van der Waals surface area contributed by atoms with Crippen LogP contribution in [-0.4, -0.2) is 23.4 Å². The zero-order chi connectivity index (χ0) is 20.8. The fourth-order valence-corrected chi connectivity index (χ4v) is 3.96. The highest BCUT2D eigenvalue weighted by Gasteiger charge is 2.11. The second-order valence-corrected chi connectivity index (χ2v) is 7.62. The third-order valence-electron chi connectivity index (χ3n) is 4.61. The Kier molecular flexibility index (Phi) is 6.15. The normalized spacial score (nSPS) is 10.7. The van der Waals surface area contributed by atoms with E-state index in [1.54, 1.807) is 0 Å². The largest absolute Gasteiger partial charge is 0.458 e. The van der Waals surface area contributed by atoms with E-state index in [0.717, 1.165) is 26.9 Å². The molecule has 0 aliphatic heterocycles. The van der Waals surface area contributed by atoms with Gasteiger partial charge in [-0.25, -0.2) is 4.98 Å². The van der Waals surface area contributed by atoms with Crippen molar-refractivity contribution in [1.29, 1.82) is 0 Å². The molecule has 1 amide bonds. The predicted octanol–water partition coefficient (Wildman–Crippen LogP) is 4.37. The van der Waals surface area contributed by atoms with Gasteiger partial charge < -0.3 is 10.1 Å². The molecule has 3 aromatic carbocycles. The van der Waals surface area contributed by atoms with E-state index in [9.17, 15) is 9.59 Å². The first-order chi connectivity index (χ1) is 14.7. The van der Waals surface area contributed by atoms with E-state index < -0.39 is 5.97 Å². The number of ether oxygens (including phenoxy) is 1. The molecule has 0 radical (unpaired) electrons. The van der Waals surface area contributed by atoms with Crippen molar-refractivity contribution in [3.05, 3.63) is 89.4 Å². The lowest BCUT2D eigenvalue weighted by atomic mass is 10.0. The van der Waals surface area contributed by atoms with Crippen molar-refractivity contribution < 1.29 is 14.3 Å². The Morgan fingerprint density at radius 3 is 2.57 bits per heavy atom. The van der Waals surface area contributed by atoms with Crippen molar-refractivity contribution in [2.75, 3.05) is 6.54 Å². The SMILES string of the molecule is O=C(Cc1cccc2ccccc12)NCC(=O)OCc1csc(-c2ccccc2)n1. The number of thiazole rings is 1. The van der Waals surface area contributed by atoms with Gasteiger partial charge in [-0.1, -0.05) is 72.8 Å². The molecule has 0 atom stereocenters. The lowest BCUT2D eigenvalue weighted by Crippen LogP contribution is -2.31. The van der Waals surface area contributed by atoms with Crippen molar-refractivity contribution in [2.24, 2.45) is 0 Å². The minimum atomic E-state index is -0.490. The van der Waals surface area contributed by atoms with E-state index in [-0.39, 0.29) is 25.5 Å². The fraction of sp³-hybridized carbons (Fsp3) is 0.125. The molecule has 5 nitrogen and oxygen atoms in total. The molecule has 1 N–H and O–H groups in total. The highest BCUT2D eigenvalue weighted by Crippen LogP contribution is 2.23. The molecule has 1 aromatic heterocycles. The van der Waals surface area contributed by atoms with E-state index in [1.807, 2.05) is 78.2 Å². The van der Waals surface area contributed by atoms with Crippen LogP contribution in [0.4, 0.5) is 0 Å². The van der Waals surface area contributed by atoms with Crippen molar-refractivity contribution in [2.45, 2.75) is 13.0 Å². The fourth-order valence-electron chi connectivity index (χ4n) is 3.14. The molecule has 4 aromatic rings. The van der Waals surface area contributed by atoms with Crippen molar-refractivity contribution in [3.63, 3.8) is 0 Å². The molecular weight excluding hydrogens is 396 g/mol. The summed E-state index contributed by atoms with van der Waals surface area (Å²) in [6.45, 7) is -0.0827. The van der Waals surface area contributed by atoms with Gasteiger partial charge >= 0.3 is 5.97 Å². The average Bonchev–Trinajstić information content (AvgIpc) is 3.26. The molecular formula is C24H20N2O3S. The summed E-state index contributed by atoms with van der Waals surface area (Å²) in [5.74, 6) is -0.709. The first-order valence-electron chi connectivity index (χ1n) is 9.58. The number of carbonyl (C=O) groups is 2. The lowest BCUT2D eigenvalue weighted by molar-refractivity contribution is -0.145. The predicted molar refractivity (Wildman–Crippen MR) is 118 cm³/mol. The van der Waals surface area contributed by atoms with Crippen molar-refractivity contribution >= 4 is 34.0 Å². The summed E-state index contributed by atoms with van der Waals surface area (Å²) < 4.78 is 5.24. The Balaban J connectivity index is 1.26. The van der Waals surface area contributed by atoms with E-state index in [2.05, 4.69) is 10.3 Å². The van der Waals surface area contributed by atoms with Crippen LogP contribution in [0, 0.1) is 0 Å². The van der Waals surface area contributed by atoms with Crippen LogP contribution in [0.15, 0.2) is 78.2 Å². The number of rotatable bonds is 7. The molecule has 0 aliphatic rings. The van der Waals surface area contributed by atoms with Gasteiger partial charge in [-0.15, -0.1) is 11.3 Å². The van der Waals surface area contributed by atoms with Crippen LogP contribution in [0.25, 0.3) is 21.3 Å². The van der Waals surface area contributed by atoms with Gasteiger partial charge in [0.05, 0.1) is 12.1 Å². The van der Waals surface area contributed by atoms with Gasteiger partial charge in [0.25, 0.3) is 0 Å². The summed E-state index contributed by atoms with van der Waals surface area (Å²) in [6, 6.07) is 23.6. The summed E-state index contributed by atoms with van der Waals surface area (Å²) in [4.78, 5) is 28.8. The van der Waals surface area contributed by atoms with Crippen LogP contribution in [0.5, 0.6) is 0 Å². The van der Waals surface area contributed by atoms with Crippen LogP contribution >= 0.6 is 11.3 Å². The monoisotopic (exact) mass is 416 g/mol. The summed E-state index contributed by atoms with van der Waals surface area (Å²) in [5.41, 5.74) is 2.64. The number of fused-ring (bicyclic) bond motifs is 1. The molecule has 0 spiro atoms. The van der Waals surface area contributed by atoms with Crippen LogP contribution in [-0.2, 0) is 27.4 Å². The van der Waals surface area contributed by atoms with E-state index in [1.165, 1.54) is 11.3 Å². The van der Waals surface area contributed by atoms with Crippen molar-refractivity contribution in [1.82, 2.24) is 10.3 Å². The summed E-state index contributed by atoms with van der Waals surface area (Å²) in [7, 11) is 0. The number of nitrogens with one attached hydrogen (secondary N) is 1. The van der Waals surface area contributed by atoms with Gasteiger partial charge in [-0.05, 0) is 16.3 Å². The maximum absolute atomic E-state index is 12.3. The Labute approximate surface area is 178 Å². The van der Waals surface area contributed by atoms with E-state index in [4.69, 9.17) is 4.74 Å². The number of hydrogen-bond donors (Lipinski definition) is 1. The molecule has 150 valence electrons. The minimum absolute atomic E-state index is 0.0847. The number of hydrogen-bond acceptors (Lipinski definition) is 5. The summed E-state index contributed by atoms with van der Waals surface area (Å²) in [5, 5.41) is 7.50. The highest BCUT2D eigenvalue weighted by molar-refractivity contribution is 7.13. The third-order valence-corrected chi connectivity index (χ3v) is 5.55. The number of nitrogens with zero attached hydrogens (tertiary/aromatic N) is 1. The van der Waals surface area contributed by atoms with E-state index >= 15 is 0 Å². The quantitative estimate of drug-likeness (QED) is 0.455. The molecule has 30 heavy (non-hydrogen) atoms. The van der Waals surface area contributed by atoms with Gasteiger partial charge in [0.1, 0.15) is 18.2 Å². The molecule has 0 bridgehead atoms. The van der Waals surface area contributed by atoms with Crippen LogP contribution in [0.1, 0.15) is 11.3 Å². The Morgan fingerprint density at radius 1 is 0.933 bits per heavy atom. The van der Waals surface area contributed by atoms with E-state index in [0.29, 0.717) is 5.69 Å². The zero-order valence-electron chi connectivity index (χ0n) is 16.2. The number of benzene rings is 3. The van der Waals surface area contributed by atoms with Crippen LogP contribution in [0.3, 0.4) is 0 Å². The smallest absolute Gasteiger partial charge is 0.325 e. The Morgan fingerprint density at radius 2 is 1.70 bits per heavy atom. The second-order valence-electron chi connectivity index (χ2n) is 6.76. The first kappa shape index (κ1) is 19.8. The molecule has 0 unspecified atom stereocenters. The molecule has 0 fully saturated rings. The van der Waals surface area contributed by atoms with Gasteiger partial charge in [0.2, 0.25) is 5.91 Å². The summed E-state index contributed by atoms with van der Waals surface area (Å²) in [6.07, 6.45) is 0.209. The Bertz CT molecular complexity index is 1170. The lowest BCUT2D eigenvalue weighted by Gasteiger charge is -2.08. The minimum Gasteiger partial charge on any atom is -0.458 e. The maximum atomic E-state index is 12.3. The molecule has 6 heteroatoms. The topological polar surface area (TPSA) is 68.3 Å². The highest BCUT2D eigenvalue weighted by atomic mass is 32.1. The first-order valence-corrected chi connectivity index (χ1v) is 10.5. The van der Waals surface area contributed by atoms with Gasteiger partial charge in [0, 0.05) is 10.9 Å². The average molecular weight is 417 g/mol. The molecule has 4 rings (SSSR count). The zero-order valence-corrected chi connectivity index (χ0v) is 17.0. The van der Waals surface area contributed by atoms with Gasteiger partial charge in [-0.3, -0.25) is 9.59 Å². The number of esters is 1. The molecule has 0 aliphatic carbocycles. The van der Waals surface area contributed by atoms with Gasteiger partial charge in [-0.2, -0.15) is 0 Å². The standard InChI is InChI=1S/C24H20N2O3S/c27-22(13-19-11-6-10-17-7-4-5-12-21(17)19)25-14-23(28)29-15-20-16-30-24(26-20)18-8-2-1-3-9-18/h1-12,16H,13-15H2,(H,25,27). The number of carbonyl (C=O) groups excluding carboxylic acids is 2. The molecule has 1 heterocycles. The number of amides is 1. The number of aromatic nitrogens is 1. The van der Waals surface area contributed by atoms with Gasteiger partial charge in [0.15, 0.2) is 0 Å². The maximum Gasteiger partial charge on any atom is 0.325 e. The molecule has 0 saturated carbocycles.